The molecule has 1 aliphatic heterocycles. The van der Waals surface area contributed by atoms with Gasteiger partial charge in [0, 0.05) is 18.8 Å². The van der Waals surface area contributed by atoms with Crippen molar-refractivity contribution in [2.75, 3.05) is 17.7 Å². The molecular weight excluding hydrogens is 260 g/mol. The van der Waals surface area contributed by atoms with E-state index in [2.05, 4.69) is 0 Å². The van der Waals surface area contributed by atoms with Crippen LogP contribution >= 0.6 is 11.8 Å². The highest BCUT2D eigenvalue weighted by atomic mass is 32.2. The highest BCUT2D eigenvalue weighted by Crippen LogP contribution is 2.34. The third-order valence-electron chi connectivity index (χ3n) is 3.20. The molecule has 3 rings (SSSR count). The normalized spacial score (nSPS) is 14.4. The first-order chi connectivity index (χ1) is 9.22. The molecule has 0 unspecified atom stereocenters. The van der Waals surface area contributed by atoms with Gasteiger partial charge in [0.25, 0.3) is 0 Å². The third kappa shape index (κ3) is 1.86. The molecule has 5 heteroatoms. The fraction of sp³-hybridized carbons (Fsp3) is 0.143. The number of carbonyl (C=O) groups is 2. The van der Waals surface area contributed by atoms with E-state index in [0.29, 0.717) is 11.3 Å². The van der Waals surface area contributed by atoms with Crippen molar-refractivity contribution in [1.29, 1.82) is 0 Å². The fourth-order valence-electron chi connectivity index (χ4n) is 2.18. The van der Waals surface area contributed by atoms with Gasteiger partial charge in [0.15, 0.2) is 6.29 Å². The van der Waals surface area contributed by atoms with Crippen LogP contribution in [0.5, 0.6) is 0 Å². The Hall–Kier alpha value is -2.01. The van der Waals surface area contributed by atoms with E-state index in [9.17, 15) is 9.59 Å². The summed E-state index contributed by atoms with van der Waals surface area (Å²) in [5.74, 6) is 0.358. The van der Waals surface area contributed by atoms with E-state index < -0.39 is 0 Å². The van der Waals surface area contributed by atoms with Crippen molar-refractivity contribution >= 4 is 29.6 Å². The van der Waals surface area contributed by atoms with Crippen molar-refractivity contribution in [2.45, 2.75) is 5.03 Å². The first kappa shape index (κ1) is 12.0. The van der Waals surface area contributed by atoms with E-state index in [0.717, 1.165) is 22.7 Å². The number of rotatable bonds is 1. The highest BCUT2D eigenvalue weighted by molar-refractivity contribution is 8.00. The Morgan fingerprint density at radius 2 is 1.95 bits per heavy atom. The number of amides is 1. The first-order valence-electron chi connectivity index (χ1n) is 5.87. The minimum Gasteiger partial charge on any atom is -0.313 e. The maximum Gasteiger partial charge on any atom is 0.237 e. The average Bonchev–Trinajstić information content (AvgIpc) is 2.85. The molecule has 0 radical (unpaired) electrons. The monoisotopic (exact) mass is 272 g/mol. The zero-order valence-corrected chi connectivity index (χ0v) is 11.2. The van der Waals surface area contributed by atoms with Crippen LogP contribution in [0.4, 0.5) is 5.69 Å². The van der Waals surface area contributed by atoms with Gasteiger partial charge in [0.1, 0.15) is 0 Å². The van der Waals surface area contributed by atoms with Gasteiger partial charge in [-0.25, -0.2) is 0 Å². The lowest BCUT2D eigenvalue weighted by molar-refractivity contribution is -0.115. The van der Waals surface area contributed by atoms with Crippen LogP contribution in [0.25, 0.3) is 5.69 Å². The molecule has 1 aliphatic rings. The number of para-hydroxylation sites is 2. The second-order valence-electron chi connectivity index (χ2n) is 4.29. The number of anilines is 1. The molecule has 19 heavy (non-hydrogen) atoms. The molecule has 4 nitrogen and oxygen atoms in total. The van der Waals surface area contributed by atoms with Crippen molar-refractivity contribution in [3.05, 3.63) is 42.1 Å². The summed E-state index contributed by atoms with van der Waals surface area (Å²) in [6, 6.07) is 9.47. The Bertz CT molecular complexity index is 663. The number of thioether (sulfide) groups is 1. The van der Waals surface area contributed by atoms with Crippen molar-refractivity contribution in [3.8, 4) is 5.69 Å². The van der Waals surface area contributed by atoms with Crippen molar-refractivity contribution < 1.29 is 9.59 Å². The molecule has 0 aliphatic carbocycles. The number of aldehydes is 1. The molecule has 0 saturated heterocycles. The number of fused-ring (bicyclic) bond motifs is 3. The molecule has 0 spiro atoms. The Balaban J connectivity index is 2.28. The number of hydrogen-bond donors (Lipinski definition) is 0. The molecular formula is C14H12N2O2S. The molecule has 96 valence electrons. The first-order valence-corrected chi connectivity index (χ1v) is 6.86. The SMILES string of the molecule is CN1C(=O)CSc2c(C=O)ccn2-c2ccccc21. The number of aromatic nitrogens is 1. The lowest BCUT2D eigenvalue weighted by Crippen LogP contribution is -2.30. The summed E-state index contributed by atoms with van der Waals surface area (Å²) < 4.78 is 1.96. The van der Waals surface area contributed by atoms with E-state index in [1.807, 2.05) is 35.0 Å². The smallest absolute Gasteiger partial charge is 0.237 e. The van der Waals surface area contributed by atoms with E-state index in [1.54, 1.807) is 18.0 Å². The summed E-state index contributed by atoms with van der Waals surface area (Å²) in [4.78, 5) is 24.8. The molecule has 0 N–H and O–H groups in total. The van der Waals surface area contributed by atoms with Crippen LogP contribution in [0.2, 0.25) is 0 Å². The molecule has 0 atom stereocenters. The molecule has 2 heterocycles. The average molecular weight is 272 g/mol. The van der Waals surface area contributed by atoms with Gasteiger partial charge in [-0.3, -0.25) is 9.59 Å². The summed E-state index contributed by atoms with van der Waals surface area (Å²) in [6.45, 7) is 0. The minimum atomic E-state index is 0.0294. The van der Waals surface area contributed by atoms with Gasteiger partial charge in [-0.05, 0) is 18.2 Å². The Morgan fingerprint density at radius 3 is 2.68 bits per heavy atom. The molecule has 2 aromatic rings. The van der Waals surface area contributed by atoms with Crippen LogP contribution in [0.3, 0.4) is 0 Å². The van der Waals surface area contributed by atoms with Crippen LogP contribution in [0.15, 0.2) is 41.6 Å². The number of nitrogens with zero attached hydrogens (tertiary/aromatic N) is 2. The van der Waals surface area contributed by atoms with E-state index in [-0.39, 0.29) is 5.91 Å². The van der Waals surface area contributed by atoms with Crippen LogP contribution in [0, 0.1) is 0 Å². The zero-order chi connectivity index (χ0) is 13.4. The van der Waals surface area contributed by atoms with Gasteiger partial charge in [-0.15, -0.1) is 0 Å². The van der Waals surface area contributed by atoms with Crippen LogP contribution in [-0.4, -0.2) is 29.6 Å². The predicted molar refractivity (Wildman–Crippen MR) is 75.3 cm³/mol. The zero-order valence-electron chi connectivity index (χ0n) is 10.4. The minimum absolute atomic E-state index is 0.0294. The van der Waals surface area contributed by atoms with Crippen molar-refractivity contribution in [2.24, 2.45) is 0 Å². The van der Waals surface area contributed by atoms with Crippen molar-refractivity contribution in [3.63, 3.8) is 0 Å². The quantitative estimate of drug-likeness (QED) is 0.748. The van der Waals surface area contributed by atoms with Gasteiger partial charge >= 0.3 is 0 Å². The summed E-state index contributed by atoms with van der Waals surface area (Å²) >= 11 is 1.40. The Morgan fingerprint density at radius 1 is 1.21 bits per heavy atom. The van der Waals surface area contributed by atoms with Gasteiger partial charge in [0.2, 0.25) is 5.91 Å². The Kier molecular flexibility index (Phi) is 2.91. The maximum atomic E-state index is 12.1. The highest BCUT2D eigenvalue weighted by Gasteiger charge is 2.22. The second-order valence-corrected chi connectivity index (χ2v) is 5.26. The number of carbonyl (C=O) groups excluding carboxylic acids is 2. The van der Waals surface area contributed by atoms with Gasteiger partial charge in [-0.2, -0.15) is 0 Å². The maximum absolute atomic E-state index is 12.1. The predicted octanol–water partition coefficient (Wildman–Crippen LogP) is 2.36. The second kappa shape index (κ2) is 4.59. The third-order valence-corrected chi connectivity index (χ3v) is 4.30. The van der Waals surface area contributed by atoms with Gasteiger partial charge < -0.3 is 9.47 Å². The van der Waals surface area contributed by atoms with Gasteiger partial charge in [0.05, 0.1) is 22.2 Å². The summed E-state index contributed by atoms with van der Waals surface area (Å²) in [7, 11) is 1.77. The van der Waals surface area contributed by atoms with Crippen molar-refractivity contribution in [1.82, 2.24) is 4.57 Å². The molecule has 1 aromatic carbocycles. The largest absolute Gasteiger partial charge is 0.313 e. The number of hydrogen-bond acceptors (Lipinski definition) is 3. The standard InChI is InChI=1S/C14H12N2O2S/c1-15-11-4-2-3-5-12(11)16-7-6-10(8-17)14(16)19-9-13(15)18/h2-8H,9H2,1H3. The topological polar surface area (TPSA) is 42.3 Å². The molecule has 1 aromatic heterocycles. The number of benzene rings is 1. The molecule has 0 bridgehead atoms. The van der Waals surface area contributed by atoms with E-state index in [1.165, 1.54) is 11.8 Å². The molecule has 0 saturated carbocycles. The summed E-state index contributed by atoms with van der Waals surface area (Å²) in [5, 5.41) is 0.823. The van der Waals surface area contributed by atoms with Crippen LogP contribution in [-0.2, 0) is 4.79 Å². The van der Waals surface area contributed by atoms with E-state index in [4.69, 9.17) is 0 Å². The van der Waals surface area contributed by atoms with Gasteiger partial charge in [-0.1, -0.05) is 23.9 Å². The summed E-state index contributed by atoms with van der Waals surface area (Å²) in [6.07, 6.45) is 2.70. The Labute approximate surface area is 115 Å². The lowest BCUT2D eigenvalue weighted by Gasteiger charge is -2.24. The van der Waals surface area contributed by atoms with Crippen LogP contribution < -0.4 is 4.90 Å². The fourth-order valence-corrected chi connectivity index (χ4v) is 3.21. The molecule has 0 fully saturated rings. The lowest BCUT2D eigenvalue weighted by atomic mass is 10.2. The van der Waals surface area contributed by atoms with Crippen LogP contribution in [0.1, 0.15) is 10.4 Å². The van der Waals surface area contributed by atoms with E-state index >= 15 is 0 Å². The summed E-state index contributed by atoms with van der Waals surface area (Å²) in [5.41, 5.74) is 2.38. The molecule has 1 amide bonds.